The first-order valence-electron chi connectivity index (χ1n) is 7.37. The van der Waals surface area contributed by atoms with Gasteiger partial charge in [0.2, 0.25) is 5.78 Å². The van der Waals surface area contributed by atoms with Crippen LogP contribution in [0.5, 0.6) is 11.5 Å². The lowest BCUT2D eigenvalue weighted by Gasteiger charge is -2.08. The van der Waals surface area contributed by atoms with Crippen LogP contribution in [0, 0.1) is 0 Å². The highest BCUT2D eigenvalue weighted by Gasteiger charge is 2.21. The molecule has 0 bridgehead atoms. The Hall–Kier alpha value is -1.81. The number of fused-ring (bicyclic) bond motifs is 2. The molecule has 0 saturated carbocycles. The van der Waals surface area contributed by atoms with Gasteiger partial charge in [0.1, 0.15) is 0 Å². The van der Waals surface area contributed by atoms with Gasteiger partial charge >= 0.3 is 0 Å². The number of rotatable bonds is 2. The molecule has 0 spiro atoms. The van der Waals surface area contributed by atoms with Crippen LogP contribution in [-0.4, -0.2) is 19.0 Å². The molecule has 0 N–H and O–H groups in total. The third-order valence-electron chi connectivity index (χ3n) is 3.98. The molecule has 21 heavy (non-hydrogen) atoms. The van der Waals surface area contributed by atoms with E-state index in [-0.39, 0.29) is 5.78 Å². The minimum absolute atomic E-state index is 0.0880. The van der Waals surface area contributed by atoms with Crippen LogP contribution in [-0.2, 0) is 12.8 Å². The number of carbonyl (C=O) groups is 1. The van der Waals surface area contributed by atoms with Crippen LogP contribution in [0.25, 0.3) is 0 Å². The summed E-state index contributed by atoms with van der Waals surface area (Å²) in [7, 11) is 0. The Balaban J connectivity index is 1.66. The number of ether oxygens (including phenoxy) is 2. The van der Waals surface area contributed by atoms with Crippen molar-refractivity contribution in [1.29, 1.82) is 0 Å². The van der Waals surface area contributed by atoms with Gasteiger partial charge in [0.05, 0.1) is 18.1 Å². The van der Waals surface area contributed by atoms with Crippen molar-refractivity contribution in [1.82, 2.24) is 0 Å². The quantitative estimate of drug-likeness (QED) is 0.795. The number of ketones is 1. The monoisotopic (exact) mass is 300 g/mol. The highest BCUT2D eigenvalue weighted by atomic mass is 32.1. The Morgan fingerprint density at radius 1 is 1.00 bits per heavy atom. The molecule has 4 rings (SSSR count). The zero-order valence-electron chi connectivity index (χ0n) is 11.7. The molecule has 3 nitrogen and oxygen atoms in total. The molecule has 0 amide bonds. The molecule has 4 heteroatoms. The van der Waals surface area contributed by atoms with E-state index in [1.807, 2.05) is 18.2 Å². The van der Waals surface area contributed by atoms with Crippen molar-refractivity contribution in [2.75, 3.05) is 13.2 Å². The van der Waals surface area contributed by atoms with E-state index in [1.165, 1.54) is 16.9 Å². The zero-order valence-corrected chi connectivity index (χ0v) is 12.5. The molecule has 2 aromatic rings. The Bertz CT molecular complexity index is 681. The molecule has 1 aromatic carbocycles. The number of benzene rings is 1. The molecule has 108 valence electrons. The topological polar surface area (TPSA) is 35.5 Å². The second-order valence-corrected chi connectivity index (χ2v) is 6.59. The van der Waals surface area contributed by atoms with Crippen LogP contribution in [0.3, 0.4) is 0 Å². The molecule has 0 radical (unpaired) electrons. The molecule has 2 heterocycles. The van der Waals surface area contributed by atoms with Gasteiger partial charge in [-0.3, -0.25) is 4.79 Å². The molecular formula is C17H16O3S. The van der Waals surface area contributed by atoms with Crippen molar-refractivity contribution < 1.29 is 14.3 Å². The van der Waals surface area contributed by atoms with Crippen molar-refractivity contribution in [3.05, 3.63) is 45.1 Å². The first-order chi connectivity index (χ1) is 10.3. The molecule has 0 atom stereocenters. The van der Waals surface area contributed by atoms with E-state index < -0.39 is 0 Å². The molecule has 1 aliphatic heterocycles. The Labute approximate surface area is 127 Å². The maximum absolute atomic E-state index is 12.6. The first kappa shape index (κ1) is 12.9. The van der Waals surface area contributed by atoms with E-state index in [2.05, 4.69) is 6.07 Å². The minimum atomic E-state index is 0.0880. The second-order valence-electron chi connectivity index (χ2n) is 5.45. The van der Waals surface area contributed by atoms with Crippen LogP contribution in [0.1, 0.15) is 38.5 Å². The number of hydrogen-bond acceptors (Lipinski definition) is 4. The fraction of sp³-hybridized carbons (Fsp3) is 0.353. The highest BCUT2D eigenvalue weighted by molar-refractivity contribution is 7.14. The van der Waals surface area contributed by atoms with Gasteiger partial charge in [-0.2, -0.15) is 0 Å². The summed E-state index contributed by atoms with van der Waals surface area (Å²) in [6.45, 7) is 1.30. The Morgan fingerprint density at radius 3 is 2.71 bits per heavy atom. The van der Waals surface area contributed by atoms with Gasteiger partial charge in [0.25, 0.3) is 0 Å². The molecule has 1 aliphatic carbocycles. The van der Waals surface area contributed by atoms with Gasteiger partial charge in [0, 0.05) is 16.9 Å². The van der Waals surface area contributed by atoms with Crippen molar-refractivity contribution in [3.8, 4) is 11.5 Å². The van der Waals surface area contributed by atoms with Crippen molar-refractivity contribution in [3.63, 3.8) is 0 Å². The fourth-order valence-electron chi connectivity index (χ4n) is 2.89. The minimum Gasteiger partial charge on any atom is -0.490 e. The molecule has 0 saturated heterocycles. The summed E-state index contributed by atoms with van der Waals surface area (Å²) >= 11 is 1.64. The lowest BCUT2D eigenvalue weighted by Crippen LogP contribution is -2.00. The lowest BCUT2D eigenvalue weighted by molar-refractivity contribution is 0.104. The third-order valence-corrected chi connectivity index (χ3v) is 5.22. The predicted octanol–water partition coefficient (Wildman–Crippen LogP) is 3.63. The van der Waals surface area contributed by atoms with Gasteiger partial charge in [-0.1, -0.05) is 0 Å². The second kappa shape index (κ2) is 5.19. The zero-order chi connectivity index (χ0) is 14.2. The third kappa shape index (κ3) is 2.33. The largest absolute Gasteiger partial charge is 0.490 e. The predicted molar refractivity (Wildman–Crippen MR) is 81.8 cm³/mol. The van der Waals surface area contributed by atoms with Crippen LogP contribution in [0.15, 0.2) is 24.3 Å². The van der Waals surface area contributed by atoms with Crippen LogP contribution in [0.2, 0.25) is 0 Å². The average molecular weight is 300 g/mol. The first-order valence-corrected chi connectivity index (χ1v) is 8.19. The van der Waals surface area contributed by atoms with Crippen LogP contribution >= 0.6 is 11.3 Å². The summed E-state index contributed by atoms with van der Waals surface area (Å²) in [5, 5.41) is 0. The number of hydrogen-bond donors (Lipinski definition) is 0. The normalized spacial score (nSPS) is 16.4. The van der Waals surface area contributed by atoms with Gasteiger partial charge < -0.3 is 9.47 Å². The van der Waals surface area contributed by atoms with E-state index in [0.29, 0.717) is 24.5 Å². The molecular weight excluding hydrogens is 284 g/mol. The van der Waals surface area contributed by atoms with E-state index >= 15 is 0 Å². The summed E-state index contributed by atoms with van der Waals surface area (Å²) in [6, 6.07) is 7.56. The summed E-state index contributed by atoms with van der Waals surface area (Å²) in [5.41, 5.74) is 2.04. The molecule has 2 aliphatic rings. The van der Waals surface area contributed by atoms with E-state index in [0.717, 1.165) is 29.9 Å². The average Bonchev–Trinajstić information content (AvgIpc) is 3.00. The van der Waals surface area contributed by atoms with Crippen LogP contribution < -0.4 is 9.47 Å². The summed E-state index contributed by atoms with van der Waals surface area (Å²) in [4.78, 5) is 14.9. The summed E-state index contributed by atoms with van der Waals surface area (Å²) < 4.78 is 11.3. The van der Waals surface area contributed by atoms with E-state index in [4.69, 9.17) is 9.47 Å². The van der Waals surface area contributed by atoms with Crippen molar-refractivity contribution in [2.45, 2.75) is 25.7 Å². The van der Waals surface area contributed by atoms with Gasteiger partial charge in [-0.05, 0) is 49.1 Å². The molecule has 0 unspecified atom stereocenters. The maximum Gasteiger partial charge on any atom is 0.203 e. The highest BCUT2D eigenvalue weighted by Crippen LogP contribution is 2.34. The molecule has 0 fully saturated rings. The van der Waals surface area contributed by atoms with Gasteiger partial charge in [0.15, 0.2) is 11.5 Å². The Morgan fingerprint density at radius 2 is 1.86 bits per heavy atom. The Kier molecular flexibility index (Phi) is 3.19. The smallest absolute Gasteiger partial charge is 0.203 e. The standard InChI is InChI=1S/C17H16O3S/c18-17(16-10-11-3-1-4-15(11)21-16)12-5-6-13-14(9-12)20-8-2-7-19-13/h5-6,9-10H,1-4,7-8H2. The maximum atomic E-state index is 12.6. The van der Waals surface area contributed by atoms with Crippen molar-refractivity contribution >= 4 is 17.1 Å². The van der Waals surface area contributed by atoms with Crippen molar-refractivity contribution in [2.24, 2.45) is 0 Å². The van der Waals surface area contributed by atoms with Crippen LogP contribution in [0.4, 0.5) is 0 Å². The number of aryl methyl sites for hydroxylation is 2. The molecule has 1 aromatic heterocycles. The lowest BCUT2D eigenvalue weighted by atomic mass is 10.1. The van der Waals surface area contributed by atoms with E-state index in [9.17, 15) is 4.79 Å². The fourth-order valence-corrected chi connectivity index (χ4v) is 4.10. The summed E-state index contributed by atoms with van der Waals surface area (Å²) in [6.07, 6.45) is 4.32. The van der Waals surface area contributed by atoms with E-state index in [1.54, 1.807) is 11.3 Å². The van der Waals surface area contributed by atoms with Gasteiger partial charge in [-0.15, -0.1) is 11.3 Å². The number of thiophene rings is 1. The number of carbonyl (C=O) groups excluding carboxylic acids is 1. The SMILES string of the molecule is O=C(c1ccc2c(c1)OCCCO2)c1cc2c(s1)CCC2. The summed E-state index contributed by atoms with van der Waals surface area (Å²) in [5.74, 6) is 1.50. The van der Waals surface area contributed by atoms with Gasteiger partial charge in [-0.25, -0.2) is 0 Å².